The van der Waals surface area contributed by atoms with Crippen LogP contribution in [0.25, 0.3) is 0 Å². The second-order valence-corrected chi connectivity index (χ2v) is 3.36. The normalized spacial score (nSPS) is 12.8. The summed E-state index contributed by atoms with van der Waals surface area (Å²) >= 11 is 0. The van der Waals surface area contributed by atoms with E-state index in [-0.39, 0.29) is 12.4 Å². The number of rotatable bonds is 5. The van der Waals surface area contributed by atoms with Crippen molar-refractivity contribution in [1.29, 1.82) is 0 Å². The Kier molecular flexibility index (Phi) is 4.68. The summed E-state index contributed by atoms with van der Waals surface area (Å²) in [6.45, 7) is 0.650. The van der Waals surface area contributed by atoms with Crippen molar-refractivity contribution in [3.8, 4) is 0 Å². The molecule has 0 aromatic heterocycles. The summed E-state index contributed by atoms with van der Waals surface area (Å²) < 4.78 is 18.3. The van der Waals surface area contributed by atoms with E-state index in [1.807, 2.05) is 0 Å². The molecule has 0 aliphatic carbocycles. The fraction of sp³-hybridized carbons (Fsp3) is 0.455. The van der Waals surface area contributed by atoms with E-state index in [9.17, 15) is 9.50 Å². The Morgan fingerprint density at radius 1 is 1.53 bits per heavy atom. The minimum Gasteiger partial charge on any atom is -0.387 e. The van der Waals surface area contributed by atoms with Crippen molar-refractivity contribution in [2.24, 2.45) is 0 Å². The molecule has 1 aromatic rings. The van der Waals surface area contributed by atoms with E-state index in [0.29, 0.717) is 17.7 Å². The lowest BCUT2D eigenvalue weighted by atomic mass is 10.1. The molecule has 0 saturated carbocycles. The molecule has 0 spiro atoms. The van der Waals surface area contributed by atoms with E-state index in [0.717, 1.165) is 0 Å². The third kappa shape index (κ3) is 3.27. The number of hydrogen-bond acceptors (Lipinski definition) is 3. The Hall–Kier alpha value is -0.970. The van der Waals surface area contributed by atoms with Crippen LogP contribution < -0.4 is 5.32 Å². The molecule has 84 valence electrons. The van der Waals surface area contributed by atoms with Gasteiger partial charge in [-0.25, -0.2) is 4.39 Å². The zero-order valence-electron chi connectivity index (χ0n) is 8.96. The van der Waals surface area contributed by atoms with Crippen molar-refractivity contribution in [3.05, 3.63) is 35.1 Å². The zero-order chi connectivity index (χ0) is 11.3. The standard InChI is InChI=1S/C11H16FNO2/c1-13-6-11(14)8-3-4-9(7-15-2)10(12)5-8/h3-5,11,13-14H,6-7H2,1-2H3. The predicted molar refractivity (Wildman–Crippen MR) is 56.0 cm³/mol. The van der Waals surface area contributed by atoms with Gasteiger partial charge in [0, 0.05) is 19.2 Å². The molecule has 0 heterocycles. The maximum Gasteiger partial charge on any atom is 0.129 e. The smallest absolute Gasteiger partial charge is 0.129 e. The third-order valence-corrected chi connectivity index (χ3v) is 2.16. The molecule has 0 aliphatic heterocycles. The number of hydrogen-bond donors (Lipinski definition) is 2. The first-order valence-corrected chi connectivity index (χ1v) is 4.79. The van der Waals surface area contributed by atoms with E-state index in [1.165, 1.54) is 13.2 Å². The van der Waals surface area contributed by atoms with Gasteiger partial charge in [0.1, 0.15) is 5.82 Å². The van der Waals surface area contributed by atoms with Gasteiger partial charge in [-0.15, -0.1) is 0 Å². The first-order valence-electron chi connectivity index (χ1n) is 4.79. The average molecular weight is 213 g/mol. The molecule has 0 fully saturated rings. The van der Waals surface area contributed by atoms with E-state index < -0.39 is 6.10 Å². The maximum atomic E-state index is 13.4. The lowest BCUT2D eigenvalue weighted by Gasteiger charge is -2.11. The number of halogens is 1. The molecule has 0 saturated heterocycles. The molecule has 2 N–H and O–H groups in total. The van der Waals surface area contributed by atoms with Gasteiger partial charge in [-0.3, -0.25) is 0 Å². The van der Waals surface area contributed by atoms with Crippen LogP contribution in [-0.2, 0) is 11.3 Å². The fourth-order valence-electron chi connectivity index (χ4n) is 1.35. The number of methoxy groups -OCH3 is 1. The number of aliphatic hydroxyl groups excluding tert-OH is 1. The largest absolute Gasteiger partial charge is 0.387 e. The van der Waals surface area contributed by atoms with Crippen LogP contribution in [0.5, 0.6) is 0 Å². The topological polar surface area (TPSA) is 41.5 Å². The molecule has 1 unspecified atom stereocenters. The molecule has 0 amide bonds. The molecule has 15 heavy (non-hydrogen) atoms. The van der Waals surface area contributed by atoms with Gasteiger partial charge in [0.25, 0.3) is 0 Å². The highest BCUT2D eigenvalue weighted by atomic mass is 19.1. The first-order chi connectivity index (χ1) is 7.19. The third-order valence-electron chi connectivity index (χ3n) is 2.16. The van der Waals surface area contributed by atoms with Gasteiger partial charge < -0.3 is 15.2 Å². The average Bonchev–Trinajstić information content (AvgIpc) is 2.21. The van der Waals surface area contributed by atoms with Crippen LogP contribution in [0.3, 0.4) is 0 Å². The summed E-state index contributed by atoms with van der Waals surface area (Å²) in [6.07, 6.45) is -0.680. The van der Waals surface area contributed by atoms with Crippen molar-refractivity contribution in [2.45, 2.75) is 12.7 Å². The number of likely N-dealkylation sites (N-methyl/N-ethyl adjacent to an activating group) is 1. The van der Waals surface area contributed by atoms with Crippen LogP contribution in [0.1, 0.15) is 17.2 Å². The van der Waals surface area contributed by atoms with Gasteiger partial charge in [-0.05, 0) is 18.7 Å². The minimum absolute atomic E-state index is 0.244. The molecule has 0 bridgehead atoms. The van der Waals surface area contributed by atoms with E-state index >= 15 is 0 Å². The van der Waals surface area contributed by atoms with Crippen molar-refractivity contribution in [2.75, 3.05) is 20.7 Å². The fourth-order valence-corrected chi connectivity index (χ4v) is 1.35. The first kappa shape index (κ1) is 12.1. The van der Waals surface area contributed by atoms with Gasteiger partial charge in [0.05, 0.1) is 12.7 Å². The maximum absolute atomic E-state index is 13.4. The molecule has 1 atom stereocenters. The summed E-state index contributed by atoms with van der Waals surface area (Å²) in [5, 5.41) is 12.4. The second kappa shape index (κ2) is 5.80. The summed E-state index contributed by atoms with van der Waals surface area (Å²) in [4.78, 5) is 0. The van der Waals surface area contributed by atoms with Crippen molar-refractivity contribution in [1.82, 2.24) is 5.32 Å². The van der Waals surface area contributed by atoms with Crippen LogP contribution in [0, 0.1) is 5.82 Å². The monoisotopic (exact) mass is 213 g/mol. The van der Waals surface area contributed by atoms with Crippen molar-refractivity contribution >= 4 is 0 Å². The van der Waals surface area contributed by atoms with Crippen molar-refractivity contribution in [3.63, 3.8) is 0 Å². The minimum atomic E-state index is -0.680. The lowest BCUT2D eigenvalue weighted by Crippen LogP contribution is -2.16. The molecule has 0 aliphatic rings. The van der Waals surface area contributed by atoms with E-state index in [1.54, 1.807) is 19.2 Å². The number of aliphatic hydroxyl groups is 1. The Morgan fingerprint density at radius 2 is 2.27 bits per heavy atom. The van der Waals surface area contributed by atoms with E-state index in [4.69, 9.17) is 4.74 Å². The van der Waals surface area contributed by atoms with Gasteiger partial charge >= 0.3 is 0 Å². The van der Waals surface area contributed by atoms with Gasteiger partial charge in [-0.2, -0.15) is 0 Å². The summed E-state index contributed by atoms with van der Waals surface area (Å²) in [6, 6.07) is 4.68. The van der Waals surface area contributed by atoms with Gasteiger partial charge in [0.2, 0.25) is 0 Å². The Labute approximate surface area is 88.9 Å². The van der Waals surface area contributed by atoms with Crippen LogP contribution in [0.4, 0.5) is 4.39 Å². The molecule has 0 radical (unpaired) electrons. The SMILES string of the molecule is CNCC(O)c1ccc(COC)c(F)c1. The highest BCUT2D eigenvalue weighted by molar-refractivity contribution is 5.25. The summed E-state index contributed by atoms with van der Waals surface area (Å²) in [7, 11) is 3.25. The van der Waals surface area contributed by atoms with Crippen molar-refractivity contribution < 1.29 is 14.2 Å². The Bertz CT molecular complexity index is 317. The highest BCUT2D eigenvalue weighted by Crippen LogP contribution is 2.17. The zero-order valence-corrected chi connectivity index (χ0v) is 8.96. The van der Waals surface area contributed by atoms with E-state index in [2.05, 4.69) is 5.32 Å². The van der Waals surface area contributed by atoms with Crippen LogP contribution in [0.15, 0.2) is 18.2 Å². The van der Waals surface area contributed by atoms with Crippen LogP contribution >= 0.6 is 0 Å². The summed E-state index contributed by atoms with van der Waals surface area (Å²) in [5.41, 5.74) is 1.07. The highest BCUT2D eigenvalue weighted by Gasteiger charge is 2.09. The predicted octanol–water partition coefficient (Wildman–Crippen LogP) is 1.22. The lowest BCUT2D eigenvalue weighted by molar-refractivity contribution is 0.174. The number of ether oxygens (including phenoxy) is 1. The number of nitrogens with one attached hydrogen (secondary N) is 1. The summed E-state index contributed by atoms with van der Waals surface area (Å²) in [5.74, 6) is -0.343. The number of benzene rings is 1. The van der Waals surface area contributed by atoms with Gasteiger partial charge in [-0.1, -0.05) is 12.1 Å². The Morgan fingerprint density at radius 3 is 2.80 bits per heavy atom. The second-order valence-electron chi connectivity index (χ2n) is 3.36. The van der Waals surface area contributed by atoms with Crippen LogP contribution in [0.2, 0.25) is 0 Å². The van der Waals surface area contributed by atoms with Crippen LogP contribution in [-0.4, -0.2) is 25.8 Å². The molecular formula is C11H16FNO2. The molecule has 1 rings (SSSR count). The quantitative estimate of drug-likeness (QED) is 0.773. The Balaban J connectivity index is 2.81. The molecule has 3 nitrogen and oxygen atoms in total. The molecular weight excluding hydrogens is 197 g/mol. The molecule has 1 aromatic carbocycles. The van der Waals surface area contributed by atoms with Gasteiger partial charge in [0.15, 0.2) is 0 Å². The molecule has 4 heteroatoms.